The Morgan fingerprint density at radius 1 is 0.911 bits per heavy atom. The fourth-order valence-corrected chi connectivity index (χ4v) is 6.67. The van der Waals surface area contributed by atoms with Crippen molar-refractivity contribution in [3.05, 3.63) is 88.2 Å². The summed E-state index contributed by atoms with van der Waals surface area (Å²) in [5.41, 5.74) is 0.589. The van der Waals surface area contributed by atoms with Crippen LogP contribution in [0.2, 0.25) is 5.02 Å². The Morgan fingerprint density at radius 2 is 1.57 bits per heavy atom. The van der Waals surface area contributed by atoms with E-state index in [1.54, 1.807) is 31.1 Å². The third-order valence-corrected chi connectivity index (χ3v) is 9.50. The minimum atomic E-state index is -0.768. The standard InChI is InChI=1S/C43H54ClFN4O7/c1-42(2,3)55-40(51)47-31-16-18-32(19-17-31)49(41(52)56-43(4,5)6)26-34(28-12-10-9-11-13-28)29-14-20-35(44)33(24-29)38-30(25-46)15-21-36(39(38)45)54-23-22-53-27-37(50)48(7)8/h9-15,20-21,24,31-32,34H,16-19,22-23,26-27H2,1-8H3,(H,47,51). The molecule has 0 aromatic heterocycles. The van der Waals surface area contributed by atoms with Crippen molar-refractivity contribution >= 4 is 29.7 Å². The van der Waals surface area contributed by atoms with Crippen molar-refractivity contribution in [1.29, 1.82) is 5.26 Å². The van der Waals surface area contributed by atoms with Crippen molar-refractivity contribution in [2.75, 3.05) is 40.5 Å². The van der Waals surface area contributed by atoms with E-state index < -0.39 is 35.1 Å². The number of amides is 3. The van der Waals surface area contributed by atoms with Gasteiger partial charge in [-0.25, -0.2) is 14.0 Å². The second kappa shape index (κ2) is 19.3. The summed E-state index contributed by atoms with van der Waals surface area (Å²) in [6.07, 6.45) is 1.58. The number of likely N-dealkylation sites (N-methyl/N-ethyl adjacent to an activating group) is 1. The largest absolute Gasteiger partial charge is 0.488 e. The van der Waals surface area contributed by atoms with E-state index in [1.165, 1.54) is 17.0 Å². The number of benzene rings is 3. The fraction of sp³-hybridized carbons (Fsp3) is 0.488. The molecule has 3 aromatic rings. The zero-order valence-corrected chi connectivity index (χ0v) is 34.4. The number of ether oxygens (including phenoxy) is 4. The van der Waals surface area contributed by atoms with Crippen molar-refractivity contribution in [2.45, 2.75) is 96.4 Å². The van der Waals surface area contributed by atoms with Crippen LogP contribution >= 0.6 is 11.6 Å². The van der Waals surface area contributed by atoms with Crippen molar-refractivity contribution in [1.82, 2.24) is 15.1 Å². The van der Waals surface area contributed by atoms with Crippen molar-refractivity contribution in [2.24, 2.45) is 0 Å². The highest BCUT2D eigenvalue weighted by atomic mass is 35.5. The first-order valence-electron chi connectivity index (χ1n) is 18.8. The highest BCUT2D eigenvalue weighted by Gasteiger charge is 2.35. The maximum Gasteiger partial charge on any atom is 0.410 e. The first-order valence-corrected chi connectivity index (χ1v) is 19.2. The molecule has 1 unspecified atom stereocenters. The Balaban J connectivity index is 1.67. The van der Waals surface area contributed by atoms with Gasteiger partial charge < -0.3 is 34.1 Å². The molecule has 1 saturated carbocycles. The van der Waals surface area contributed by atoms with Gasteiger partial charge in [0.1, 0.15) is 24.4 Å². The maximum atomic E-state index is 16.4. The lowest BCUT2D eigenvalue weighted by Crippen LogP contribution is -2.49. The summed E-state index contributed by atoms with van der Waals surface area (Å²) in [4.78, 5) is 41.5. The molecule has 13 heteroatoms. The van der Waals surface area contributed by atoms with Crippen molar-refractivity contribution < 1.29 is 37.7 Å². The number of hydrogen-bond donors (Lipinski definition) is 1. The highest BCUT2D eigenvalue weighted by Crippen LogP contribution is 2.40. The van der Waals surface area contributed by atoms with E-state index in [-0.39, 0.29) is 71.8 Å². The highest BCUT2D eigenvalue weighted by molar-refractivity contribution is 6.33. The van der Waals surface area contributed by atoms with Crippen LogP contribution in [-0.4, -0.2) is 91.6 Å². The van der Waals surface area contributed by atoms with E-state index >= 15 is 4.39 Å². The van der Waals surface area contributed by atoms with E-state index in [0.29, 0.717) is 25.7 Å². The molecule has 11 nitrogen and oxygen atoms in total. The molecule has 0 saturated heterocycles. The Labute approximate surface area is 335 Å². The summed E-state index contributed by atoms with van der Waals surface area (Å²) >= 11 is 6.77. The predicted octanol–water partition coefficient (Wildman–Crippen LogP) is 8.71. The monoisotopic (exact) mass is 792 g/mol. The SMILES string of the molecule is CN(C)C(=O)COCCOc1ccc(C#N)c(-c2cc(C(CN(C(=O)OC(C)(C)C)C3CCC(NC(=O)OC(C)(C)C)CC3)c3ccccc3)ccc2Cl)c1F. The predicted molar refractivity (Wildman–Crippen MR) is 213 cm³/mol. The molecule has 0 aliphatic heterocycles. The number of nitrogens with one attached hydrogen (secondary N) is 1. The van der Waals surface area contributed by atoms with E-state index in [4.69, 9.17) is 30.5 Å². The Morgan fingerprint density at radius 3 is 2.18 bits per heavy atom. The molecular weight excluding hydrogens is 739 g/mol. The van der Waals surface area contributed by atoms with Crippen LogP contribution in [0.3, 0.4) is 0 Å². The van der Waals surface area contributed by atoms with Crippen LogP contribution < -0.4 is 10.1 Å². The van der Waals surface area contributed by atoms with Crippen molar-refractivity contribution in [3.63, 3.8) is 0 Å². The number of nitriles is 1. The molecule has 302 valence electrons. The molecule has 0 spiro atoms. The second-order valence-electron chi connectivity index (χ2n) is 16.1. The van der Waals surface area contributed by atoms with Gasteiger partial charge in [0.2, 0.25) is 5.91 Å². The molecule has 0 bridgehead atoms. The van der Waals surface area contributed by atoms with Crippen LogP contribution in [0.4, 0.5) is 14.0 Å². The fourth-order valence-electron chi connectivity index (χ4n) is 6.46. The number of halogens is 2. The van der Waals surface area contributed by atoms with Crippen LogP contribution in [0.15, 0.2) is 60.7 Å². The molecule has 1 N–H and O–H groups in total. The Bertz CT molecular complexity index is 1860. The molecule has 3 aromatic carbocycles. The zero-order chi connectivity index (χ0) is 41.2. The minimum absolute atomic E-state index is 0.0211. The minimum Gasteiger partial charge on any atom is -0.488 e. The van der Waals surface area contributed by atoms with Gasteiger partial charge in [-0.1, -0.05) is 48.0 Å². The third kappa shape index (κ3) is 12.6. The van der Waals surface area contributed by atoms with Gasteiger partial charge in [-0.05, 0) is 103 Å². The summed E-state index contributed by atoms with van der Waals surface area (Å²) in [5.74, 6) is -1.49. The van der Waals surface area contributed by atoms with E-state index in [9.17, 15) is 19.6 Å². The Kier molecular flexibility index (Phi) is 15.1. The van der Waals surface area contributed by atoms with Crippen molar-refractivity contribution in [3.8, 4) is 22.9 Å². The number of rotatable bonds is 13. The summed E-state index contributed by atoms with van der Waals surface area (Å²) in [5, 5.41) is 13.3. The number of carbonyl (C=O) groups is 3. The number of alkyl carbamates (subject to hydrolysis) is 1. The van der Waals surface area contributed by atoms with Gasteiger partial charge in [0, 0.05) is 54.8 Å². The molecule has 0 heterocycles. The average Bonchev–Trinajstić information content (AvgIpc) is 3.12. The first kappa shape index (κ1) is 43.9. The lowest BCUT2D eigenvalue weighted by Gasteiger charge is -2.39. The summed E-state index contributed by atoms with van der Waals surface area (Å²) in [6, 6.07) is 19.6. The number of nitrogens with zero attached hydrogens (tertiary/aromatic N) is 3. The van der Waals surface area contributed by atoms with Crippen LogP contribution in [0.25, 0.3) is 11.1 Å². The summed E-state index contributed by atoms with van der Waals surface area (Å²) < 4.78 is 38.8. The van der Waals surface area contributed by atoms with Gasteiger partial charge >= 0.3 is 12.2 Å². The van der Waals surface area contributed by atoms with Gasteiger partial charge in [0.05, 0.1) is 18.2 Å². The van der Waals surface area contributed by atoms with Gasteiger partial charge in [0.15, 0.2) is 11.6 Å². The zero-order valence-electron chi connectivity index (χ0n) is 33.6. The molecule has 1 aliphatic rings. The second-order valence-corrected chi connectivity index (χ2v) is 16.5. The van der Waals surface area contributed by atoms with E-state index in [2.05, 4.69) is 11.4 Å². The van der Waals surface area contributed by atoms with Crippen LogP contribution in [0.1, 0.15) is 89.8 Å². The van der Waals surface area contributed by atoms with E-state index in [1.807, 2.05) is 77.9 Å². The van der Waals surface area contributed by atoms with Gasteiger partial charge in [-0.3, -0.25) is 4.79 Å². The molecule has 1 atom stereocenters. The van der Waals surface area contributed by atoms with Crippen LogP contribution in [-0.2, 0) is 19.0 Å². The summed E-state index contributed by atoms with van der Waals surface area (Å²) in [6.45, 7) is 11.0. The third-order valence-electron chi connectivity index (χ3n) is 9.17. The smallest absolute Gasteiger partial charge is 0.410 e. The summed E-state index contributed by atoms with van der Waals surface area (Å²) in [7, 11) is 3.24. The molecule has 3 amide bonds. The molecule has 4 rings (SSSR count). The molecular formula is C43H54ClFN4O7. The lowest BCUT2D eigenvalue weighted by atomic mass is 9.86. The molecule has 1 aliphatic carbocycles. The topological polar surface area (TPSA) is 130 Å². The number of carbonyl (C=O) groups excluding carboxylic acids is 3. The molecule has 56 heavy (non-hydrogen) atoms. The van der Waals surface area contributed by atoms with Crippen LogP contribution in [0, 0.1) is 17.1 Å². The Hall–Kier alpha value is -4.86. The van der Waals surface area contributed by atoms with Gasteiger partial charge in [0.25, 0.3) is 0 Å². The molecule has 0 radical (unpaired) electrons. The van der Waals surface area contributed by atoms with Gasteiger partial charge in [-0.2, -0.15) is 5.26 Å². The number of hydrogen-bond acceptors (Lipinski definition) is 8. The lowest BCUT2D eigenvalue weighted by molar-refractivity contribution is -0.133. The normalized spacial score (nSPS) is 16.2. The average molecular weight is 793 g/mol. The van der Waals surface area contributed by atoms with Crippen LogP contribution in [0.5, 0.6) is 5.75 Å². The maximum absolute atomic E-state index is 16.4. The van der Waals surface area contributed by atoms with E-state index in [0.717, 1.165) is 11.1 Å². The quantitative estimate of drug-likeness (QED) is 0.170. The molecule has 1 fully saturated rings. The van der Waals surface area contributed by atoms with Gasteiger partial charge in [-0.15, -0.1) is 0 Å². The first-order chi connectivity index (χ1) is 26.4.